The Labute approximate surface area is 170 Å². The molecule has 150 valence electrons. The highest BCUT2D eigenvalue weighted by molar-refractivity contribution is 5.93. The first-order valence-electron chi connectivity index (χ1n) is 9.94. The quantitative estimate of drug-likeness (QED) is 0.719. The van der Waals surface area contributed by atoms with Gasteiger partial charge in [0.25, 0.3) is 5.56 Å². The van der Waals surface area contributed by atoms with Crippen LogP contribution in [0.1, 0.15) is 11.1 Å². The molecule has 0 atom stereocenters. The number of aryl methyl sites for hydroxylation is 1. The second-order valence-corrected chi connectivity index (χ2v) is 7.77. The van der Waals surface area contributed by atoms with Gasteiger partial charge in [-0.15, -0.1) is 0 Å². The smallest absolute Gasteiger partial charge is 0.251 e. The molecule has 0 aliphatic carbocycles. The number of likely N-dealkylation sites (N-methyl/N-ethyl adjacent to an activating group) is 1. The first kappa shape index (κ1) is 19.2. The van der Waals surface area contributed by atoms with Crippen LogP contribution in [0, 0.1) is 6.92 Å². The van der Waals surface area contributed by atoms with Gasteiger partial charge in [0.2, 0.25) is 5.91 Å². The van der Waals surface area contributed by atoms with Crippen molar-refractivity contribution in [1.29, 1.82) is 0 Å². The minimum absolute atomic E-state index is 0.0576. The zero-order valence-electron chi connectivity index (χ0n) is 16.9. The summed E-state index contributed by atoms with van der Waals surface area (Å²) < 4.78 is 0. The predicted octanol–water partition coefficient (Wildman–Crippen LogP) is 2.77. The first-order valence-corrected chi connectivity index (χ1v) is 9.94. The van der Waals surface area contributed by atoms with Crippen LogP contribution in [-0.2, 0) is 11.2 Å². The lowest BCUT2D eigenvalue weighted by Gasteiger charge is -2.34. The number of hydrogen-bond donors (Lipinski definition) is 2. The molecule has 3 aromatic rings. The Morgan fingerprint density at radius 2 is 1.76 bits per heavy atom. The van der Waals surface area contributed by atoms with E-state index in [9.17, 15) is 9.59 Å². The molecule has 1 aromatic heterocycles. The van der Waals surface area contributed by atoms with Crippen molar-refractivity contribution in [1.82, 2.24) is 9.88 Å². The summed E-state index contributed by atoms with van der Waals surface area (Å²) in [5.74, 6) is -0.0576. The van der Waals surface area contributed by atoms with E-state index in [0.717, 1.165) is 48.3 Å². The van der Waals surface area contributed by atoms with Crippen molar-refractivity contribution in [3.8, 4) is 0 Å². The summed E-state index contributed by atoms with van der Waals surface area (Å²) in [5, 5.41) is 3.91. The summed E-state index contributed by atoms with van der Waals surface area (Å²) in [6.07, 6.45) is 0.286. The highest BCUT2D eigenvalue weighted by Gasteiger charge is 2.14. The lowest BCUT2D eigenvalue weighted by atomic mass is 10.1. The third-order valence-corrected chi connectivity index (χ3v) is 5.48. The number of aromatic nitrogens is 1. The summed E-state index contributed by atoms with van der Waals surface area (Å²) in [7, 11) is 2.14. The van der Waals surface area contributed by atoms with Crippen LogP contribution in [0.25, 0.3) is 10.9 Å². The number of pyridine rings is 1. The molecule has 0 radical (unpaired) electrons. The summed E-state index contributed by atoms with van der Waals surface area (Å²) in [5.41, 5.74) is 4.27. The molecule has 2 N–H and O–H groups in total. The third kappa shape index (κ3) is 4.49. The van der Waals surface area contributed by atoms with Crippen molar-refractivity contribution in [3.63, 3.8) is 0 Å². The number of rotatable bonds is 4. The van der Waals surface area contributed by atoms with Crippen molar-refractivity contribution in [2.75, 3.05) is 43.4 Å². The van der Waals surface area contributed by atoms with Gasteiger partial charge >= 0.3 is 0 Å². The molecule has 6 nitrogen and oxygen atoms in total. The number of benzene rings is 2. The van der Waals surface area contributed by atoms with Gasteiger partial charge < -0.3 is 20.1 Å². The summed E-state index contributed by atoms with van der Waals surface area (Å²) in [6, 6.07) is 15.6. The highest BCUT2D eigenvalue weighted by atomic mass is 16.1. The molecule has 0 spiro atoms. The van der Waals surface area contributed by atoms with Crippen LogP contribution in [-0.4, -0.2) is 49.0 Å². The van der Waals surface area contributed by atoms with Gasteiger partial charge in [-0.3, -0.25) is 9.59 Å². The van der Waals surface area contributed by atoms with Gasteiger partial charge in [0.05, 0.1) is 6.42 Å². The fourth-order valence-electron chi connectivity index (χ4n) is 3.69. The molecule has 0 bridgehead atoms. The number of nitrogens with one attached hydrogen (secondary N) is 2. The largest absolute Gasteiger partial charge is 0.369 e. The Hall–Kier alpha value is -3.12. The molecule has 1 aliphatic heterocycles. The molecule has 0 unspecified atom stereocenters. The van der Waals surface area contributed by atoms with Crippen LogP contribution >= 0.6 is 0 Å². The van der Waals surface area contributed by atoms with Crippen LogP contribution in [0.3, 0.4) is 0 Å². The van der Waals surface area contributed by atoms with Gasteiger partial charge in [-0.25, -0.2) is 0 Å². The number of fused-ring (bicyclic) bond motifs is 1. The van der Waals surface area contributed by atoms with E-state index in [-0.39, 0.29) is 17.9 Å². The SMILES string of the molecule is Cc1cc2cc(CC(=O)Nc3ccc(N4CCN(C)CC4)cc3)ccc2[nH]c1=O. The van der Waals surface area contributed by atoms with Crippen molar-refractivity contribution < 1.29 is 4.79 Å². The zero-order chi connectivity index (χ0) is 20.4. The second kappa shape index (κ2) is 8.09. The second-order valence-electron chi connectivity index (χ2n) is 7.77. The number of piperazine rings is 1. The summed E-state index contributed by atoms with van der Waals surface area (Å²) >= 11 is 0. The van der Waals surface area contributed by atoms with Crippen molar-refractivity contribution >= 4 is 28.2 Å². The number of H-pyrrole nitrogens is 1. The molecule has 1 amide bonds. The topological polar surface area (TPSA) is 68.4 Å². The molecular formula is C23H26N4O2. The molecule has 4 rings (SSSR count). The van der Waals surface area contributed by atoms with Crippen molar-refractivity contribution in [2.24, 2.45) is 0 Å². The van der Waals surface area contributed by atoms with Gasteiger partial charge in [-0.1, -0.05) is 6.07 Å². The average Bonchev–Trinajstić information content (AvgIpc) is 2.70. The van der Waals surface area contributed by atoms with Crippen LogP contribution < -0.4 is 15.8 Å². The molecule has 0 saturated carbocycles. The zero-order valence-corrected chi connectivity index (χ0v) is 16.9. The van der Waals surface area contributed by atoms with Gasteiger partial charge in [0.1, 0.15) is 0 Å². The third-order valence-electron chi connectivity index (χ3n) is 5.48. The van der Waals surface area contributed by atoms with E-state index in [4.69, 9.17) is 0 Å². The summed E-state index contributed by atoms with van der Waals surface area (Å²) in [6.45, 7) is 5.96. The number of hydrogen-bond acceptors (Lipinski definition) is 4. The van der Waals surface area contributed by atoms with Crippen LogP contribution in [0.15, 0.2) is 53.3 Å². The van der Waals surface area contributed by atoms with Crippen molar-refractivity contribution in [3.05, 3.63) is 70.0 Å². The van der Waals surface area contributed by atoms with Crippen LogP contribution in [0.4, 0.5) is 11.4 Å². The van der Waals surface area contributed by atoms with E-state index in [1.165, 1.54) is 5.69 Å². The molecule has 2 heterocycles. The van der Waals surface area contributed by atoms with Gasteiger partial charge in [-0.2, -0.15) is 0 Å². The monoisotopic (exact) mass is 390 g/mol. The van der Waals surface area contributed by atoms with Gasteiger partial charge in [-0.05, 0) is 67.4 Å². The number of carbonyl (C=O) groups is 1. The minimum atomic E-state index is -0.0805. The van der Waals surface area contributed by atoms with Crippen molar-refractivity contribution in [2.45, 2.75) is 13.3 Å². The van der Waals surface area contributed by atoms with Gasteiger partial charge in [0, 0.05) is 48.6 Å². The molecule has 1 saturated heterocycles. The first-order chi connectivity index (χ1) is 14.0. The molecular weight excluding hydrogens is 364 g/mol. The maximum atomic E-state index is 12.5. The Bertz CT molecular complexity index is 1080. The van der Waals surface area contributed by atoms with E-state index < -0.39 is 0 Å². The fourth-order valence-corrected chi connectivity index (χ4v) is 3.69. The number of amides is 1. The van der Waals surface area contributed by atoms with E-state index in [1.807, 2.05) is 36.4 Å². The molecule has 1 fully saturated rings. The standard InChI is InChI=1S/C23H26N4O2/c1-16-13-18-14-17(3-8-21(18)25-23(16)29)15-22(28)24-19-4-6-20(7-5-19)27-11-9-26(2)10-12-27/h3-8,13-14H,9-12,15H2,1-2H3,(H,24,28)(H,25,29). The molecule has 2 aromatic carbocycles. The Balaban J connectivity index is 1.40. The number of anilines is 2. The van der Waals surface area contributed by atoms with Crippen LogP contribution in [0.5, 0.6) is 0 Å². The lowest BCUT2D eigenvalue weighted by Crippen LogP contribution is -2.44. The normalized spacial score (nSPS) is 14.9. The Morgan fingerprint density at radius 1 is 1.03 bits per heavy atom. The summed E-state index contributed by atoms with van der Waals surface area (Å²) in [4.78, 5) is 31.7. The van der Waals surface area contributed by atoms with E-state index in [2.05, 4.69) is 39.3 Å². The molecule has 29 heavy (non-hydrogen) atoms. The van der Waals surface area contributed by atoms with Crippen LogP contribution in [0.2, 0.25) is 0 Å². The Morgan fingerprint density at radius 3 is 2.48 bits per heavy atom. The molecule has 6 heteroatoms. The fraction of sp³-hybridized carbons (Fsp3) is 0.304. The van der Waals surface area contributed by atoms with Gasteiger partial charge in [0.15, 0.2) is 0 Å². The highest BCUT2D eigenvalue weighted by Crippen LogP contribution is 2.20. The number of aromatic amines is 1. The van der Waals surface area contributed by atoms with E-state index in [1.54, 1.807) is 6.92 Å². The predicted molar refractivity (Wildman–Crippen MR) is 118 cm³/mol. The number of nitrogens with zero attached hydrogens (tertiary/aromatic N) is 2. The van der Waals surface area contributed by atoms with E-state index >= 15 is 0 Å². The maximum absolute atomic E-state index is 12.5. The van der Waals surface area contributed by atoms with E-state index in [0.29, 0.717) is 5.56 Å². The maximum Gasteiger partial charge on any atom is 0.251 e. The Kier molecular flexibility index (Phi) is 5.36. The number of carbonyl (C=O) groups excluding carboxylic acids is 1. The minimum Gasteiger partial charge on any atom is -0.369 e. The average molecular weight is 390 g/mol. The molecule has 1 aliphatic rings. The lowest BCUT2D eigenvalue weighted by molar-refractivity contribution is -0.115.